The molecule has 6 nitrogen and oxygen atoms in total. The largest absolute Gasteiger partial charge is 0.459 e. The Morgan fingerprint density at radius 1 is 1.30 bits per heavy atom. The minimum Gasteiger partial charge on any atom is -0.459 e. The Bertz CT molecular complexity index is 654. The quantitative estimate of drug-likeness (QED) is 0.880. The molecule has 2 amide bonds. The lowest BCUT2D eigenvalue weighted by atomic mass is 10.2. The van der Waals surface area contributed by atoms with E-state index in [0.717, 1.165) is 0 Å². The van der Waals surface area contributed by atoms with Crippen LogP contribution in [0.4, 0.5) is 5.13 Å². The first-order valence-corrected chi connectivity index (χ1v) is 8.37. The van der Waals surface area contributed by atoms with E-state index in [1.54, 1.807) is 17.5 Å². The van der Waals surface area contributed by atoms with E-state index in [4.69, 9.17) is 4.42 Å². The van der Waals surface area contributed by atoms with Gasteiger partial charge in [-0.15, -0.1) is 11.3 Å². The standard InChI is InChI=1S/C16H21N3O3S/c1-10(2)19(11(3)4)14(20)8-12-9-23-16(17-12)18-15(21)13-6-5-7-22-13/h5-7,9-11H,8H2,1-4H3,(H,17,18,21). The van der Waals surface area contributed by atoms with Gasteiger partial charge < -0.3 is 9.32 Å². The van der Waals surface area contributed by atoms with Gasteiger partial charge in [0.25, 0.3) is 5.91 Å². The van der Waals surface area contributed by atoms with Crippen molar-refractivity contribution in [2.45, 2.75) is 46.2 Å². The van der Waals surface area contributed by atoms with Crippen molar-refractivity contribution in [3.8, 4) is 0 Å². The van der Waals surface area contributed by atoms with Gasteiger partial charge in [-0.3, -0.25) is 14.9 Å². The highest BCUT2D eigenvalue weighted by molar-refractivity contribution is 7.14. The fourth-order valence-corrected chi connectivity index (χ4v) is 3.14. The van der Waals surface area contributed by atoms with Gasteiger partial charge in [-0.2, -0.15) is 0 Å². The van der Waals surface area contributed by atoms with Crippen molar-refractivity contribution in [3.63, 3.8) is 0 Å². The van der Waals surface area contributed by atoms with Crippen LogP contribution < -0.4 is 5.32 Å². The van der Waals surface area contributed by atoms with Gasteiger partial charge in [0.05, 0.1) is 18.4 Å². The Morgan fingerprint density at radius 3 is 2.57 bits per heavy atom. The normalized spacial score (nSPS) is 11.0. The zero-order chi connectivity index (χ0) is 17.0. The van der Waals surface area contributed by atoms with Crippen LogP contribution in [-0.4, -0.2) is 33.8 Å². The SMILES string of the molecule is CC(C)N(C(=O)Cc1csc(NC(=O)c2ccco2)n1)C(C)C. The number of nitrogens with zero attached hydrogens (tertiary/aromatic N) is 2. The van der Waals surface area contributed by atoms with Crippen molar-refractivity contribution >= 4 is 28.3 Å². The van der Waals surface area contributed by atoms with Crippen molar-refractivity contribution in [3.05, 3.63) is 35.2 Å². The molecule has 23 heavy (non-hydrogen) atoms. The highest BCUT2D eigenvalue weighted by atomic mass is 32.1. The number of carbonyl (C=O) groups excluding carboxylic acids is 2. The second kappa shape index (κ2) is 7.41. The molecule has 124 valence electrons. The Balaban J connectivity index is 1.99. The molecule has 0 fully saturated rings. The molecular formula is C16H21N3O3S. The van der Waals surface area contributed by atoms with E-state index in [1.165, 1.54) is 17.6 Å². The van der Waals surface area contributed by atoms with Crippen LogP contribution in [0.2, 0.25) is 0 Å². The average Bonchev–Trinajstić information content (AvgIpc) is 3.09. The van der Waals surface area contributed by atoms with Gasteiger partial charge in [-0.05, 0) is 39.8 Å². The van der Waals surface area contributed by atoms with Gasteiger partial charge in [0, 0.05) is 17.5 Å². The highest BCUT2D eigenvalue weighted by Gasteiger charge is 2.21. The molecule has 0 saturated carbocycles. The van der Waals surface area contributed by atoms with Crippen LogP contribution in [0.5, 0.6) is 0 Å². The summed E-state index contributed by atoms with van der Waals surface area (Å²) in [5.74, 6) is -0.0963. The van der Waals surface area contributed by atoms with Gasteiger partial charge in [-0.1, -0.05) is 0 Å². The minimum absolute atomic E-state index is 0.0317. The third-order valence-electron chi connectivity index (χ3n) is 3.25. The lowest BCUT2D eigenvalue weighted by Gasteiger charge is -2.30. The number of aromatic nitrogens is 1. The first-order chi connectivity index (χ1) is 10.9. The van der Waals surface area contributed by atoms with Gasteiger partial charge >= 0.3 is 0 Å². The van der Waals surface area contributed by atoms with Gasteiger partial charge in [0.15, 0.2) is 10.9 Å². The van der Waals surface area contributed by atoms with Crippen LogP contribution in [0.15, 0.2) is 28.2 Å². The second-order valence-corrected chi connectivity index (χ2v) is 6.60. The molecule has 1 N–H and O–H groups in total. The monoisotopic (exact) mass is 335 g/mol. The van der Waals surface area contributed by atoms with Crippen molar-refractivity contribution in [2.24, 2.45) is 0 Å². The van der Waals surface area contributed by atoms with Crippen molar-refractivity contribution in [2.75, 3.05) is 5.32 Å². The number of carbonyl (C=O) groups is 2. The molecule has 0 saturated heterocycles. The molecule has 0 unspecified atom stereocenters. The summed E-state index contributed by atoms with van der Waals surface area (Å²) >= 11 is 1.29. The number of rotatable bonds is 6. The summed E-state index contributed by atoms with van der Waals surface area (Å²) in [5, 5.41) is 4.90. The summed E-state index contributed by atoms with van der Waals surface area (Å²) < 4.78 is 5.03. The first-order valence-electron chi connectivity index (χ1n) is 7.49. The Morgan fingerprint density at radius 2 is 2.00 bits per heavy atom. The minimum atomic E-state index is -0.354. The number of thiazole rings is 1. The molecule has 2 heterocycles. The lowest BCUT2D eigenvalue weighted by Crippen LogP contribution is -2.42. The molecule has 0 aromatic carbocycles. The molecule has 2 rings (SSSR count). The molecular weight excluding hydrogens is 314 g/mol. The zero-order valence-electron chi connectivity index (χ0n) is 13.7. The van der Waals surface area contributed by atoms with E-state index >= 15 is 0 Å². The number of anilines is 1. The summed E-state index contributed by atoms with van der Waals surface area (Å²) in [6.07, 6.45) is 1.66. The fourth-order valence-electron chi connectivity index (χ4n) is 2.43. The van der Waals surface area contributed by atoms with Crippen LogP contribution in [-0.2, 0) is 11.2 Å². The summed E-state index contributed by atoms with van der Waals surface area (Å²) in [7, 11) is 0. The third kappa shape index (κ3) is 4.41. The zero-order valence-corrected chi connectivity index (χ0v) is 14.5. The maximum Gasteiger partial charge on any atom is 0.293 e. The van der Waals surface area contributed by atoms with Crippen LogP contribution in [0.1, 0.15) is 43.9 Å². The van der Waals surface area contributed by atoms with Crippen LogP contribution >= 0.6 is 11.3 Å². The van der Waals surface area contributed by atoms with Gasteiger partial charge in [0.1, 0.15) is 0 Å². The van der Waals surface area contributed by atoms with Crippen molar-refractivity contribution < 1.29 is 14.0 Å². The summed E-state index contributed by atoms with van der Waals surface area (Å²) in [4.78, 5) is 30.4. The molecule has 7 heteroatoms. The Hall–Kier alpha value is -2.15. The molecule has 2 aromatic rings. The molecule has 0 aliphatic heterocycles. The summed E-state index contributed by atoms with van der Waals surface area (Å²) in [6.45, 7) is 7.98. The highest BCUT2D eigenvalue weighted by Crippen LogP contribution is 2.18. The summed E-state index contributed by atoms with van der Waals surface area (Å²) in [6, 6.07) is 3.50. The lowest BCUT2D eigenvalue weighted by molar-refractivity contribution is -0.134. The smallest absolute Gasteiger partial charge is 0.293 e. The number of hydrogen-bond acceptors (Lipinski definition) is 5. The van der Waals surface area contributed by atoms with Crippen molar-refractivity contribution in [1.82, 2.24) is 9.88 Å². The van der Waals surface area contributed by atoms with Crippen LogP contribution in [0.25, 0.3) is 0 Å². The molecule has 2 aromatic heterocycles. The van der Waals surface area contributed by atoms with Crippen LogP contribution in [0.3, 0.4) is 0 Å². The van der Waals surface area contributed by atoms with E-state index in [2.05, 4.69) is 10.3 Å². The Kier molecular flexibility index (Phi) is 5.54. The molecule has 0 aliphatic rings. The topological polar surface area (TPSA) is 75.4 Å². The van der Waals surface area contributed by atoms with E-state index in [-0.39, 0.29) is 36.1 Å². The molecule has 0 bridgehead atoms. The number of amides is 2. The molecule has 0 radical (unpaired) electrons. The predicted molar refractivity (Wildman–Crippen MR) is 89.6 cm³/mol. The van der Waals surface area contributed by atoms with Gasteiger partial charge in [-0.25, -0.2) is 4.98 Å². The molecule has 0 atom stereocenters. The first kappa shape index (κ1) is 17.2. The summed E-state index contributed by atoms with van der Waals surface area (Å²) in [5.41, 5.74) is 0.654. The predicted octanol–water partition coefficient (Wildman–Crippen LogP) is 3.18. The third-order valence-corrected chi connectivity index (χ3v) is 4.06. The van der Waals surface area contributed by atoms with Crippen molar-refractivity contribution in [1.29, 1.82) is 0 Å². The maximum atomic E-state index is 12.4. The fraction of sp³-hybridized carbons (Fsp3) is 0.438. The number of nitrogens with one attached hydrogen (secondary N) is 1. The van der Waals surface area contributed by atoms with E-state index in [0.29, 0.717) is 10.8 Å². The van der Waals surface area contributed by atoms with E-state index < -0.39 is 0 Å². The molecule has 0 spiro atoms. The number of hydrogen-bond donors (Lipinski definition) is 1. The van der Waals surface area contributed by atoms with E-state index in [1.807, 2.05) is 32.6 Å². The Labute approximate surface area is 139 Å². The van der Waals surface area contributed by atoms with Crippen LogP contribution in [0, 0.1) is 0 Å². The second-order valence-electron chi connectivity index (χ2n) is 5.74. The molecule has 0 aliphatic carbocycles. The van der Waals surface area contributed by atoms with Gasteiger partial charge in [0.2, 0.25) is 5.91 Å². The average molecular weight is 335 g/mol. The maximum absolute atomic E-state index is 12.4. The number of furan rings is 1. The van der Waals surface area contributed by atoms with E-state index in [9.17, 15) is 9.59 Å².